The van der Waals surface area contributed by atoms with E-state index in [1.807, 2.05) is 0 Å². The number of nitrogens with two attached hydrogens (primary N) is 1. The Morgan fingerprint density at radius 1 is 1.18 bits per heavy atom. The number of esters is 1. The van der Waals surface area contributed by atoms with Gasteiger partial charge in [0.15, 0.2) is 6.61 Å². The Labute approximate surface area is 162 Å². The van der Waals surface area contributed by atoms with Crippen molar-refractivity contribution in [3.63, 3.8) is 0 Å². The largest absolute Gasteiger partial charge is 0.452 e. The first-order valence-corrected chi connectivity index (χ1v) is 10.1. The van der Waals surface area contributed by atoms with E-state index in [4.69, 9.17) is 9.88 Å². The van der Waals surface area contributed by atoms with Crippen LogP contribution in [-0.4, -0.2) is 50.7 Å². The predicted molar refractivity (Wildman–Crippen MR) is 97.5 cm³/mol. The highest BCUT2D eigenvalue weighted by Gasteiger charge is 2.32. The van der Waals surface area contributed by atoms with Crippen molar-refractivity contribution >= 4 is 50.7 Å². The van der Waals surface area contributed by atoms with Crippen molar-refractivity contribution in [2.75, 3.05) is 19.0 Å². The van der Waals surface area contributed by atoms with Crippen molar-refractivity contribution < 1.29 is 32.3 Å². The lowest BCUT2D eigenvalue weighted by Gasteiger charge is -2.07. The van der Waals surface area contributed by atoms with Crippen LogP contribution >= 0.6 is 11.3 Å². The minimum atomic E-state index is -3.93. The number of hydrogen-bond acceptors (Lipinski definition) is 8. The third kappa shape index (κ3) is 3.78. The van der Waals surface area contributed by atoms with Gasteiger partial charge in [0, 0.05) is 18.1 Å². The Morgan fingerprint density at radius 3 is 2.50 bits per heavy atom. The Hall–Kier alpha value is -3.09. The number of amides is 3. The number of nitrogens with one attached hydrogen (secondary N) is 1. The molecule has 0 radical (unpaired) electrons. The molecule has 0 aliphatic carbocycles. The van der Waals surface area contributed by atoms with Crippen LogP contribution in [0.15, 0.2) is 33.9 Å². The number of fused-ring (bicyclic) bond motifs is 1. The first-order chi connectivity index (χ1) is 13.1. The van der Waals surface area contributed by atoms with Crippen molar-refractivity contribution in [3.05, 3.63) is 46.3 Å². The van der Waals surface area contributed by atoms with Gasteiger partial charge in [-0.1, -0.05) is 0 Å². The van der Waals surface area contributed by atoms with Gasteiger partial charge in [-0.25, -0.2) is 18.4 Å². The fourth-order valence-corrected chi connectivity index (χ4v) is 4.00. The Morgan fingerprint density at radius 2 is 1.86 bits per heavy atom. The zero-order chi connectivity index (χ0) is 20.6. The lowest BCUT2D eigenvalue weighted by atomic mass is 10.1. The summed E-state index contributed by atoms with van der Waals surface area (Å²) in [5.74, 6) is -2.48. The molecule has 0 saturated heterocycles. The summed E-state index contributed by atoms with van der Waals surface area (Å²) in [5, 5.41) is 8.66. The fraction of sp³-hybridized carbons (Fsp3) is 0.125. The second-order valence-corrected chi connectivity index (χ2v) is 8.45. The molecule has 0 fully saturated rings. The highest BCUT2D eigenvalue weighted by atomic mass is 32.2. The smallest absolute Gasteiger partial charge is 0.339 e. The molecule has 0 atom stereocenters. The Kier molecular flexibility index (Phi) is 5.02. The topological polar surface area (TPSA) is 153 Å². The van der Waals surface area contributed by atoms with Crippen LogP contribution in [0.1, 0.15) is 31.1 Å². The molecule has 1 aliphatic heterocycles. The molecule has 12 heteroatoms. The maximum Gasteiger partial charge on any atom is 0.339 e. The molecule has 3 rings (SSSR count). The standard InChI is InChI=1S/C16H13N3O7S2/c1-19-14(21)10-3-2-9(5-11(10)15(19)22)18-12(20)6-26-16(23)8-4-13(27-7-8)28(17,24)25/h2-5,7H,6H2,1H3,(H,18,20)(H2,17,24,25). The molecule has 146 valence electrons. The number of sulfonamides is 1. The molecule has 1 aromatic carbocycles. The molecular formula is C16H13N3O7S2. The van der Waals surface area contributed by atoms with Crippen LogP contribution in [0.25, 0.3) is 0 Å². The molecule has 0 bridgehead atoms. The van der Waals surface area contributed by atoms with E-state index in [9.17, 15) is 27.6 Å². The Bertz CT molecular complexity index is 1120. The number of carbonyl (C=O) groups excluding carboxylic acids is 4. The zero-order valence-electron chi connectivity index (χ0n) is 14.3. The maximum absolute atomic E-state index is 12.0. The average molecular weight is 423 g/mol. The number of hydrogen-bond donors (Lipinski definition) is 2. The number of nitrogens with zero attached hydrogens (tertiary/aromatic N) is 1. The molecule has 0 spiro atoms. The van der Waals surface area contributed by atoms with Crippen LogP contribution in [0.3, 0.4) is 0 Å². The van der Waals surface area contributed by atoms with E-state index in [0.717, 1.165) is 22.3 Å². The van der Waals surface area contributed by atoms with E-state index in [2.05, 4.69) is 5.32 Å². The second-order valence-electron chi connectivity index (χ2n) is 5.75. The molecular weight excluding hydrogens is 410 g/mol. The minimum Gasteiger partial charge on any atom is -0.452 e. The molecule has 0 saturated carbocycles. The first-order valence-electron chi connectivity index (χ1n) is 7.62. The van der Waals surface area contributed by atoms with Crippen LogP contribution in [0, 0.1) is 0 Å². The number of rotatable bonds is 5. The van der Waals surface area contributed by atoms with Crippen LogP contribution in [0.5, 0.6) is 0 Å². The van der Waals surface area contributed by atoms with Crippen molar-refractivity contribution in [1.29, 1.82) is 0 Å². The van der Waals surface area contributed by atoms with E-state index in [1.54, 1.807) is 0 Å². The summed E-state index contributed by atoms with van der Waals surface area (Å²) in [4.78, 5) is 48.6. The van der Waals surface area contributed by atoms with Crippen molar-refractivity contribution in [3.8, 4) is 0 Å². The van der Waals surface area contributed by atoms with E-state index in [0.29, 0.717) is 0 Å². The molecule has 3 N–H and O–H groups in total. The highest BCUT2D eigenvalue weighted by Crippen LogP contribution is 2.24. The summed E-state index contributed by atoms with van der Waals surface area (Å²) in [7, 11) is -2.57. The highest BCUT2D eigenvalue weighted by molar-refractivity contribution is 7.91. The summed E-state index contributed by atoms with van der Waals surface area (Å²) in [5.41, 5.74) is 0.603. The lowest BCUT2D eigenvalue weighted by Crippen LogP contribution is -2.24. The minimum absolute atomic E-state index is 0.0495. The second kappa shape index (κ2) is 7.14. The number of primary sulfonamides is 1. The molecule has 2 aromatic rings. The molecule has 28 heavy (non-hydrogen) atoms. The monoisotopic (exact) mass is 423 g/mol. The van der Waals surface area contributed by atoms with Gasteiger partial charge in [0.1, 0.15) is 4.21 Å². The fourth-order valence-electron chi connectivity index (χ4n) is 2.42. The summed E-state index contributed by atoms with van der Waals surface area (Å²) in [6, 6.07) is 5.27. The van der Waals surface area contributed by atoms with Crippen LogP contribution in [0.4, 0.5) is 5.69 Å². The number of anilines is 1. The molecule has 0 unspecified atom stereocenters. The maximum atomic E-state index is 12.0. The number of carbonyl (C=O) groups is 4. The van der Waals surface area contributed by atoms with Crippen molar-refractivity contribution in [2.45, 2.75) is 4.21 Å². The normalized spacial score (nSPS) is 13.4. The summed E-state index contributed by atoms with van der Waals surface area (Å²) in [6.45, 7) is -0.636. The van der Waals surface area contributed by atoms with E-state index in [1.165, 1.54) is 30.6 Å². The van der Waals surface area contributed by atoms with Gasteiger partial charge < -0.3 is 10.1 Å². The Balaban J connectivity index is 1.61. The van der Waals surface area contributed by atoms with Gasteiger partial charge >= 0.3 is 5.97 Å². The van der Waals surface area contributed by atoms with E-state index < -0.39 is 40.3 Å². The summed E-state index contributed by atoms with van der Waals surface area (Å²) >= 11 is 0.756. The van der Waals surface area contributed by atoms with Gasteiger partial charge in [-0.2, -0.15) is 0 Å². The SMILES string of the molecule is CN1C(=O)c2ccc(NC(=O)COC(=O)c3csc(S(N)(=O)=O)c3)cc2C1=O. The van der Waals surface area contributed by atoms with Gasteiger partial charge in [-0.05, 0) is 24.3 Å². The molecule has 3 amide bonds. The van der Waals surface area contributed by atoms with Gasteiger partial charge in [0.05, 0.1) is 16.7 Å². The van der Waals surface area contributed by atoms with Crippen LogP contribution in [-0.2, 0) is 19.6 Å². The number of ether oxygens (including phenoxy) is 1. The first kappa shape index (κ1) is 19.7. The molecule has 1 aromatic heterocycles. The lowest BCUT2D eigenvalue weighted by molar-refractivity contribution is -0.119. The quantitative estimate of drug-likeness (QED) is 0.522. The van der Waals surface area contributed by atoms with Crippen molar-refractivity contribution in [1.82, 2.24) is 4.90 Å². The molecule has 10 nitrogen and oxygen atoms in total. The number of benzene rings is 1. The van der Waals surface area contributed by atoms with E-state index in [-0.39, 0.29) is 26.6 Å². The van der Waals surface area contributed by atoms with E-state index >= 15 is 0 Å². The third-order valence-electron chi connectivity index (χ3n) is 3.80. The van der Waals surface area contributed by atoms with Gasteiger partial charge in [0.2, 0.25) is 10.0 Å². The van der Waals surface area contributed by atoms with Crippen LogP contribution in [0.2, 0.25) is 0 Å². The molecule has 1 aliphatic rings. The number of imide groups is 1. The van der Waals surface area contributed by atoms with Gasteiger partial charge in [-0.15, -0.1) is 11.3 Å². The van der Waals surface area contributed by atoms with Gasteiger partial charge in [0.25, 0.3) is 17.7 Å². The summed E-state index contributed by atoms with van der Waals surface area (Å²) < 4.78 is 27.0. The van der Waals surface area contributed by atoms with Crippen LogP contribution < -0.4 is 10.5 Å². The van der Waals surface area contributed by atoms with Crippen molar-refractivity contribution in [2.24, 2.45) is 5.14 Å². The third-order valence-corrected chi connectivity index (χ3v) is 6.19. The van der Waals surface area contributed by atoms with Gasteiger partial charge in [-0.3, -0.25) is 19.3 Å². The number of thiophene rings is 1. The summed E-state index contributed by atoms with van der Waals surface area (Å²) in [6.07, 6.45) is 0. The predicted octanol–water partition coefficient (Wildman–Crippen LogP) is 0.417. The average Bonchev–Trinajstić information content (AvgIpc) is 3.21. The zero-order valence-corrected chi connectivity index (χ0v) is 15.9. The molecule has 2 heterocycles.